The molecule has 0 unspecified atom stereocenters. The van der Waals surface area contributed by atoms with E-state index >= 15 is 0 Å². The number of rotatable bonds is 5. The standard InChI is InChI=1S/C25H30N6O3/c1-15-7-18-11-26-31(22(18)9-21(15)17-3-5-29(6-4-17)13-25(32)33)24-10-23(27-16(2)28-24)30-12-20-8-19(30)14-34-20/h7,9-11,17,19-20H,3-6,8,12-14H2,1-2H3,(H,32,33)/t19-,20-/m0/s1. The number of aromatic nitrogens is 4. The van der Waals surface area contributed by atoms with E-state index in [-0.39, 0.29) is 6.54 Å². The molecule has 3 fully saturated rings. The minimum atomic E-state index is -0.756. The van der Waals surface area contributed by atoms with E-state index in [1.165, 1.54) is 11.1 Å². The molecule has 2 atom stereocenters. The van der Waals surface area contributed by atoms with Gasteiger partial charge in [-0.05, 0) is 75.4 Å². The third-order valence-corrected chi connectivity index (χ3v) is 7.56. The van der Waals surface area contributed by atoms with Crippen LogP contribution in [0.5, 0.6) is 0 Å². The molecule has 178 valence electrons. The van der Waals surface area contributed by atoms with Crippen LogP contribution < -0.4 is 4.90 Å². The fraction of sp³-hybridized carbons (Fsp3) is 0.520. The maximum Gasteiger partial charge on any atom is 0.317 e. The van der Waals surface area contributed by atoms with Gasteiger partial charge >= 0.3 is 5.97 Å². The van der Waals surface area contributed by atoms with Gasteiger partial charge in [-0.2, -0.15) is 5.10 Å². The van der Waals surface area contributed by atoms with E-state index < -0.39 is 5.97 Å². The van der Waals surface area contributed by atoms with Crippen LogP contribution in [0.3, 0.4) is 0 Å². The van der Waals surface area contributed by atoms with Gasteiger partial charge in [-0.25, -0.2) is 14.6 Å². The van der Waals surface area contributed by atoms with Crippen LogP contribution in [0.4, 0.5) is 5.82 Å². The summed E-state index contributed by atoms with van der Waals surface area (Å²) in [5, 5.41) is 14.9. The van der Waals surface area contributed by atoms with Gasteiger partial charge in [0.15, 0.2) is 5.82 Å². The van der Waals surface area contributed by atoms with Crippen molar-refractivity contribution in [3.8, 4) is 5.82 Å². The number of piperidine rings is 1. The number of ether oxygens (including phenoxy) is 1. The Balaban J connectivity index is 1.32. The number of benzene rings is 1. The summed E-state index contributed by atoms with van der Waals surface area (Å²) < 4.78 is 7.70. The Morgan fingerprint density at radius 1 is 1.15 bits per heavy atom. The summed E-state index contributed by atoms with van der Waals surface area (Å²) in [7, 11) is 0. The predicted octanol–water partition coefficient (Wildman–Crippen LogP) is 2.67. The van der Waals surface area contributed by atoms with Crippen molar-refractivity contribution in [1.82, 2.24) is 24.6 Å². The van der Waals surface area contributed by atoms with Gasteiger partial charge in [0.05, 0.1) is 37.0 Å². The van der Waals surface area contributed by atoms with Crippen LogP contribution in [0.1, 0.15) is 42.1 Å². The first-order valence-electron chi connectivity index (χ1n) is 12.1. The normalized spacial score (nSPS) is 23.3. The van der Waals surface area contributed by atoms with E-state index in [9.17, 15) is 4.79 Å². The lowest BCUT2D eigenvalue weighted by Gasteiger charge is -2.31. The lowest BCUT2D eigenvalue weighted by atomic mass is 9.86. The Morgan fingerprint density at radius 3 is 2.65 bits per heavy atom. The maximum absolute atomic E-state index is 11.1. The number of carbonyl (C=O) groups is 1. The van der Waals surface area contributed by atoms with Crippen LogP contribution in [0.25, 0.3) is 16.7 Å². The smallest absolute Gasteiger partial charge is 0.317 e. The maximum atomic E-state index is 11.1. The van der Waals surface area contributed by atoms with Crippen LogP contribution in [0, 0.1) is 13.8 Å². The second kappa shape index (κ2) is 8.32. The third kappa shape index (κ3) is 3.82. The number of morpholine rings is 1. The second-order valence-corrected chi connectivity index (χ2v) is 9.90. The molecule has 3 aliphatic heterocycles. The zero-order valence-corrected chi connectivity index (χ0v) is 19.6. The van der Waals surface area contributed by atoms with Crippen molar-refractivity contribution in [2.45, 2.75) is 51.2 Å². The zero-order valence-electron chi connectivity index (χ0n) is 19.6. The molecule has 0 spiro atoms. The summed E-state index contributed by atoms with van der Waals surface area (Å²) in [4.78, 5) is 24.9. The number of nitrogens with zero attached hydrogens (tertiary/aromatic N) is 6. The summed E-state index contributed by atoms with van der Waals surface area (Å²) in [6.45, 7) is 7.48. The van der Waals surface area contributed by atoms with E-state index in [0.717, 1.165) is 73.9 Å². The van der Waals surface area contributed by atoms with Crippen LogP contribution in [0.15, 0.2) is 24.4 Å². The molecule has 9 nitrogen and oxygen atoms in total. The summed E-state index contributed by atoms with van der Waals surface area (Å²) in [5.41, 5.74) is 3.63. The van der Waals surface area contributed by atoms with Crippen molar-refractivity contribution in [2.24, 2.45) is 0 Å². The molecule has 0 radical (unpaired) electrons. The fourth-order valence-electron chi connectivity index (χ4n) is 5.89. The highest BCUT2D eigenvalue weighted by Gasteiger charge is 2.39. The molecule has 5 heterocycles. The second-order valence-electron chi connectivity index (χ2n) is 9.90. The monoisotopic (exact) mass is 462 g/mol. The fourth-order valence-corrected chi connectivity index (χ4v) is 5.89. The zero-order chi connectivity index (χ0) is 23.4. The number of likely N-dealkylation sites (tertiary alicyclic amines) is 1. The minimum absolute atomic E-state index is 0.123. The van der Waals surface area contributed by atoms with Gasteiger partial charge in [0.2, 0.25) is 0 Å². The van der Waals surface area contributed by atoms with Crippen molar-refractivity contribution in [3.63, 3.8) is 0 Å². The van der Waals surface area contributed by atoms with Gasteiger partial charge in [0, 0.05) is 18.0 Å². The van der Waals surface area contributed by atoms with E-state index in [1.807, 2.05) is 28.8 Å². The summed E-state index contributed by atoms with van der Waals surface area (Å²) in [5.74, 6) is 2.12. The lowest BCUT2D eigenvalue weighted by molar-refractivity contribution is -0.138. The van der Waals surface area contributed by atoms with Crippen molar-refractivity contribution >= 4 is 22.7 Å². The van der Waals surface area contributed by atoms with E-state index in [4.69, 9.17) is 24.9 Å². The first-order chi connectivity index (χ1) is 16.4. The molecular formula is C25H30N6O3. The first-order valence-corrected chi connectivity index (χ1v) is 12.1. The average Bonchev–Trinajstić information content (AvgIpc) is 3.54. The Kier molecular flexibility index (Phi) is 5.26. The summed E-state index contributed by atoms with van der Waals surface area (Å²) >= 11 is 0. The molecule has 9 heteroatoms. The molecule has 3 aromatic rings. The van der Waals surface area contributed by atoms with Crippen molar-refractivity contribution in [3.05, 3.63) is 41.3 Å². The molecule has 1 aromatic carbocycles. The van der Waals surface area contributed by atoms with Crippen LogP contribution in [-0.2, 0) is 9.53 Å². The first kappa shape index (κ1) is 21.5. The molecule has 1 N–H and O–H groups in total. The van der Waals surface area contributed by atoms with E-state index in [1.54, 1.807) is 0 Å². The molecule has 0 amide bonds. The largest absolute Gasteiger partial charge is 0.480 e. The molecule has 0 aliphatic carbocycles. The predicted molar refractivity (Wildman–Crippen MR) is 128 cm³/mol. The molecule has 34 heavy (non-hydrogen) atoms. The van der Waals surface area contributed by atoms with E-state index in [0.29, 0.717) is 18.1 Å². The van der Waals surface area contributed by atoms with Crippen molar-refractivity contribution in [2.75, 3.05) is 37.7 Å². The topological polar surface area (TPSA) is 96.6 Å². The Morgan fingerprint density at radius 2 is 1.94 bits per heavy atom. The minimum Gasteiger partial charge on any atom is -0.480 e. The average molecular weight is 463 g/mol. The Bertz CT molecular complexity index is 1250. The number of carboxylic acid groups (broad SMARTS) is 1. The van der Waals surface area contributed by atoms with Gasteiger partial charge in [-0.15, -0.1) is 0 Å². The Labute approximate surface area is 198 Å². The van der Waals surface area contributed by atoms with Gasteiger partial charge in [0.1, 0.15) is 11.6 Å². The van der Waals surface area contributed by atoms with Gasteiger partial charge in [0.25, 0.3) is 0 Å². The van der Waals surface area contributed by atoms with Crippen molar-refractivity contribution < 1.29 is 14.6 Å². The molecule has 0 saturated carbocycles. The number of hydrogen-bond donors (Lipinski definition) is 1. The van der Waals surface area contributed by atoms with Crippen LogP contribution in [0.2, 0.25) is 0 Å². The highest BCUT2D eigenvalue weighted by molar-refractivity contribution is 5.82. The lowest BCUT2D eigenvalue weighted by Crippen LogP contribution is -2.37. The van der Waals surface area contributed by atoms with Crippen LogP contribution in [-0.4, -0.2) is 80.7 Å². The molecule has 6 rings (SSSR count). The molecule has 3 aliphatic rings. The number of aliphatic carboxylic acids is 1. The summed E-state index contributed by atoms with van der Waals surface area (Å²) in [6, 6.07) is 6.91. The number of anilines is 1. The van der Waals surface area contributed by atoms with Crippen LogP contribution >= 0.6 is 0 Å². The van der Waals surface area contributed by atoms with E-state index in [2.05, 4.69) is 24.0 Å². The van der Waals surface area contributed by atoms with Gasteiger partial charge < -0.3 is 14.7 Å². The SMILES string of the molecule is Cc1nc(N2C[C@@H]3C[C@H]2CO3)cc(-n2ncc3cc(C)c(C4CCN(CC(=O)O)CC4)cc32)n1. The molecule has 3 saturated heterocycles. The number of fused-ring (bicyclic) bond motifs is 3. The number of hydrogen-bond acceptors (Lipinski definition) is 7. The quantitative estimate of drug-likeness (QED) is 0.618. The number of aryl methyl sites for hydroxylation is 2. The highest BCUT2D eigenvalue weighted by Crippen LogP contribution is 2.35. The van der Waals surface area contributed by atoms with Crippen molar-refractivity contribution in [1.29, 1.82) is 0 Å². The highest BCUT2D eigenvalue weighted by atomic mass is 16.5. The van der Waals surface area contributed by atoms with Gasteiger partial charge in [-0.1, -0.05) is 0 Å². The molecule has 2 aromatic heterocycles. The molecular weight excluding hydrogens is 432 g/mol. The molecule has 2 bridgehead atoms. The Hall–Kier alpha value is -3.04. The summed E-state index contributed by atoms with van der Waals surface area (Å²) in [6.07, 6.45) is 5.21. The van der Waals surface area contributed by atoms with Gasteiger partial charge in [-0.3, -0.25) is 9.69 Å². The third-order valence-electron chi connectivity index (χ3n) is 7.56. The number of carboxylic acids is 1.